The van der Waals surface area contributed by atoms with Gasteiger partial charge in [-0.3, -0.25) is 0 Å². The normalized spacial score (nSPS) is 13.1. The maximum atomic E-state index is 10.5. The van der Waals surface area contributed by atoms with E-state index in [-0.39, 0.29) is 18.8 Å². The predicted octanol–water partition coefficient (Wildman–Crippen LogP) is 4.52. The van der Waals surface area contributed by atoms with Crippen molar-refractivity contribution >= 4 is 0 Å². The molecule has 0 amide bonds. The highest BCUT2D eigenvalue weighted by Crippen LogP contribution is 2.29. The van der Waals surface area contributed by atoms with Crippen molar-refractivity contribution in [1.82, 2.24) is 5.32 Å². The Morgan fingerprint density at radius 3 is 1.74 bits per heavy atom. The minimum absolute atomic E-state index is 0.148. The maximum absolute atomic E-state index is 10.5. The summed E-state index contributed by atoms with van der Waals surface area (Å²) in [5.41, 5.74) is 3.16. The van der Waals surface area contributed by atoms with Gasteiger partial charge in [0.25, 0.3) is 0 Å². The lowest BCUT2D eigenvalue weighted by molar-refractivity contribution is 0.00575. The van der Waals surface area contributed by atoms with Crippen LogP contribution in [0.25, 0.3) is 0 Å². The zero-order chi connectivity index (χ0) is 22.1. The van der Waals surface area contributed by atoms with Gasteiger partial charge in [0, 0.05) is 12.6 Å². The number of benzene rings is 3. The van der Waals surface area contributed by atoms with Crippen LogP contribution < -0.4 is 14.8 Å². The molecule has 0 aliphatic rings. The molecule has 0 aromatic heterocycles. The van der Waals surface area contributed by atoms with Crippen molar-refractivity contribution in [2.45, 2.75) is 25.2 Å². The van der Waals surface area contributed by atoms with Crippen LogP contribution in [0.15, 0.2) is 78.9 Å². The first-order chi connectivity index (χ1) is 15.1. The molecule has 5 heteroatoms. The van der Waals surface area contributed by atoms with Crippen molar-refractivity contribution in [2.24, 2.45) is 0 Å². The van der Waals surface area contributed by atoms with E-state index in [1.165, 1.54) is 5.56 Å². The molecule has 164 valence electrons. The number of methoxy groups -OCH3 is 2. The van der Waals surface area contributed by atoms with Crippen LogP contribution in [0.1, 0.15) is 35.8 Å². The summed E-state index contributed by atoms with van der Waals surface area (Å²) in [6.45, 7) is 2.73. The molecule has 0 spiro atoms. The quantitative estimate of drug-likeness (QED) is 0.477. The largest absolute Gasteiger partial charge is 0.497 e. The van der Waals surface area contributed by atoms with Crippen molar-refractivity contribution < 1.29 is 19.3 Å². The molecule has 0 unspecified atom stereocenters. The second-order valence-electron chi connectivity index (χ2n) is 7.45. The number of ether oxygens (including phenoxy) is 3. The fourth-order valence-electron chi connectivity index (χ4n) is 3.38. The molecular weight excluding hydrogens is 390 g/mol. The standard InChI is InChI=1S/C26H31NO4/c1-19(20-7-5-4-6-8-20)27-17-23(28)18-31-26(21-9-13-24(29-2)14-10-21)22-11-15-25(30-3)16-12-22/h4-16,19,23,26-28H,17-18H2,1-3H3/t19-,23+/m0/s1. The summed E-state index contributed by atoms with van der Waals surface area (Å²) < 4.78 is 16.7. The first-order valence-electron chi connectivity index (χ1n) is 10.5. The summed E-state index contributed by atoms with van der Waals surface area (Å²) in [6.07, 6.45) is -0.942. The molecule has 0 radical (unpaired) electrons. The van der Waals surface area contributed by atoms with E-state index in [0.717, 1.165) is 22.6 Å². The van der Waals surface area contributed by atoms with E-state index in [4.69, 9.17) is 14.2 Å². The van der Waals surface area contributed by atoms with E-state index >= 15 is 0 Å². The molecular formula is C26H31NO4. The highest BCUT2D eigenvalue weighted by molar-refractivity contribution is 5.36. The van der Waals surface area contributed by atoms with Crippen molar-refractivity contribution in [3.8, 4) is 11.5 Å². The number of hydrogen-bond acceptors (Lipinski definition) is 5. The number of nitrogens with one attached hydrogen (secondary N) is 1. The Morgan fingerprint density at radius 2 is 1.26 bits per heavy atom. The van der Waals surface area contributed by atoms with Crippen LogP contribution in [-0.2, 0) is 4.74 Å². The molecule has 0 aliphatic carbocycles. The zero-order valence-corrected chi connectivity index (χ0v) is 18.3. The molecule has 0 heterocycles. The van der Waals surface area contributed by atoms with Crippen molar-refractivity contribution in [3.05, 3.63) is 95.6 Å². The summed E-state index contributed by atoms with van der Waals surface area (Å²) in [7, 11) is 3.29. The van der Waals surface area contributed by atoms with Crippen molar-refractivity contribution in [1.29, 1.82) is 0 Å². The van der Waals surface area contributed by atoms with Crippen LogP contribution in [0.3, 0.4) is 0 Å². The van der Waals surface area contributed by atoms with Gasteiger partial charge in [-0.25, -0.2) is 0 Å². The fourth-order valence-corrected chi connectivity index (χ4v) is 3.38. The average Bonchev–Trinajstić information content (AvgIpc) is 2.84. The Balaban J connectivity index is 1.64. The minimum atomic E-state index is -0.634. The average molecular weight is 422 g/mol. The lowest BCUT2D eigenvalue weighted by Gasteiger charge is -2.23. The monoisotopic (exact) mass is 421 g/mol. The number of rotatable bonds is 11. The van der Waals surface area contributed by atoms with Gasteiger partial charge in [0.15, 0.2) is 0 Å². The van der Waals surface area contributed by atoms with Crippen LogP contribution in [0, 0.1) is 0 Å². The third kappa shape index (κ3) is 6.56. The van der Waals surface area contributed by atoms with Crippen LogP contribution in [-0.4, -0.2) is 38.6 Å². The summed E-state index contributed by atoms with van der Waals surface area (Å²) in [4.78, 5) is 0. The highest BCUT2D eigenvalue weighted by Gasteiger charge is 2.18. The molecule has 2 N–H and O–H groups in total. The Hall–Kier alpha value is -2.86. The summed E-state index contributed by atoms with van der Waals surface area (Å²) in [6, 6.07) is 25.9. The Morgan fingerprint density at radius 1 is 0.742 bits per heavy atom. The third-order valence-corrected chi connectivity index (χ3v) is 5.25. The minimum Gasteiger partial charge on any atom is -0.497 e. The van der Waals surface area contributed by atoms with Crippen LogP contribution in [0.2, 0.25) is 0 Å². The van der Waals surface area contributed by atoms with Crippen molar-refractivity contribution in [2.75, 3.05) is 27.4 Å². The van der Waals surface area contributed by atoms with E-state index in [0.29, 0.717) is 6.54 Å². The molecule has 0 aliphatic heterocycles. The van der Waals surface area contributed by atoms with Gasteiger partial charge in [0.2, 0.25) is 0 Å². The molecule has 3 rings (SSSR count). The van der Waals surface area contributed by atoms with E-state index < -0.39 is 6.10 Å². The maximum Gasteiger partial charge on any atom is 0.118 e. The van der Waals surface area contributed by atoms with E-state index in [9.17, 15) is 5.11 Å². The van der Waals surface area contributed by atoms with Gasteiger partial charge in [0.05, 0.1) is 26.9 Å². The first-order valence-corrected chi connectivity index (χ1v) is 10.5. The van der Waals surface area contributed by atoms with Gasteiger partial charge >= 0.3 is 0 Å². The number of aliphatic hydroxyl groups is 1. The van der Waals surface area contributed by atoms with Crippen LogP contribution in [0.5, 0.6) is 11.5 Å². The van der Waals surface area contributed by atoms with Gasteiger partial charge in [0.1, 0.15) is 17.6 Å². The van der Waals surface area contributed by atoms with E-state index in [1.807, 2.05) is 66.7 Å². The fraction of sp³-hybridized carbons (Fsp3) is 0.308. The second-order valence-corrected chi connectivity index (χ2v) is 7.45. The van der Waals surface area contributed by atoms with Gasteiger partial charge < -0.3 is 24.6 Å². The molecule has 3 aromatic carbocycles. The van der Waals surface area contributed by atoms with Gasteiger partial charge in [-0.1, -0.05) is 54.6 Å². The topological polar surface area (TPSA) is 60.0 Å². The molecule has 31 heavy (non-hydrogen) atoms. The van der Waals surface area contributed by atoms with Crippen LogP contribution >= 0.6 is 0 Å². The highest BCUT2D eigenvalue weighted by atomic mass is 16.5. The Kier molecular flexibility index (Phi) is 8.47. The van der Waals surface area contributed by atoms with E-state index in [2.05, 4.69) is 24.4 Å². The summed E-state index contributed by atoms with van der Waals surface area (Å²) in [5.74, 6) is 1.58. The molecule has 3 aromatic rings. The first kappa shape index (κ1) is 22.8. The second kappa shape index (κ2) is 11.5. The van der Waals surface area contributed by atoms with Gasteiger partial charge in [-0.05, 0) is 47.9 Å². The number of hydrogen-bond donors (Lipinski definition) is 2. The Labute approximate surface area is 184 Å². The molecule has 0 saturated carbocycles. The molecule has 5 nitrogen and oxygen atoms in total. The number of aliphatic hydroxyl groups excluding tert-OH is 1. The summed E-state index contributed by atoms with van der Waals surface area (Å²) in [5, 5.41) is 13.9. The smallest absolute Gasteiger partial charge is 0.118 e. The predicted molar refractivity (Wildman–Crippen MR) is 123 cm³/mol. The molecule has 0 fully saturated rings. The van der Waals surface area contributed by atoms with Gasteiger partial charge in [-0.15, -0.1) is 0 Å². The summed E-state index contributed by atoms with van der Waals surface area (Å²) >= 11 is 0. The van der Waals surface area contributed by atoms with Gasteiger partial charge in [-0.2, -0.15) is 0 Å². The van der Waals surface area contributed by atoms with Crippen molar-refractivity contribution in [3.63, 3.8) is 0 Å². The molecule has 2 atom stereocenters. The lowest BCUT2D eigenvalue weighted by atomic mass is 10.0. The third-order valence-electron chi connectivity index (χ3n) is 5.25. The molecule has 0 bridgehead atoms. The lowest BCUT2D eigenvalue weighted by Crippen LogP contribution is -2.32. The van der Waals surface area contributed by atoms with E-state index in [1.54, 1.807) is 14.2 Å². The zero-order valence-electron chi connectivity index (χ0n) is 18.3. The SMILES string of the molecule is COc1ccc(C(OC[C@H](O)CN[C@@H](C)c2ccccc2)c2ccc(OC)cc2)cc1. The Bertz CT molecular complexity index is 849. The molecule has 0 saturated heterocycles. The van der Waals surface area contributed by atoms with Crippen LogP contribution in [0.4, 0.5) is 0 Å².